The Hall–Kier alpha value is -2.31. The molecule has 2 aromatic rings. The van der Waals surface area contributed by atoms with Crippen LogP contribution in [0.2, 0.25) is 0 Å². The third-order valence-corrected chi connectivity index (χ3v) is 5.05. The first-order valence-electron chi connectivity index (χ1n) is 10.2. The maximum atomic E-state index is 5.42. The van der Waals surface area contributed by atoms with E-state index in [1.807, 2.05) is 18.2 Å². The Morgan fingerprint density at radius 3 is 2.71 bits per heavy atom. The summed E-state index contributed by atoms with van der Waals surface area (Å²) in [7, 11) is 1.76. The zero-order chi connectivity index (χ0) is 19.4. The molecule has 2 heterocycles. The minimum Gasteiger partial charge on any atom is -0.469 e. The van der Waals surface area contributed by atoms with Crippen LogP contribution in [0.3, 0.4) is 0 Å². The number of aliphatic imine (C=N–C) groups is 1. The summed E-state index contributed by atoms with van der Waals surface area (Å²) < 4.78 is 10.6. The highest BCUT2D eigenvalue weighted by Crippen LogP contribution is 2.10. The zero-order valence-electron chi connectivity index (χ0n) is 16.8. The van der Waals surface area contributed by atoms with Crippen LogP contribution in [0.15, 0.2) is 58.1 Å². The first kappa shape index (κ1) is 20.4. The summed E-state index contributed by atoms with van der Waals surface area (Å²) in [5.41, 5.74) is 1.21. The van der Waals surface area contributed by atoms with Gasteiger partial charge in [-0.05, 0) is 30.5 Å². The number of nitrogens with zero attached hydrogens (tertiary/aromatic N) is 2. The van der Waals surface area contributed by atoms with Crippen molar-refractivity contribution < 1.29 is 9.15 Å². The first-order chi connectivity index (χ1) is 13.8. The van der Waals surface area contributed by atoms with Crippen molar-refractivity contribution in [3.05, 3.63) is 60.1 Å². The normalized spacial score (nSPS) is 16.2. The van der Waals surface area contributed by atoms with E-state index in [1.165, 1.54) is 5.56 Å². The van der Waals surface area contributed by atoms with Crippen LogP contribution in [0.25, 0.3) is 0 Å². The van der Waals surface area contributed by atoms with E-state index >= 15 is 0 Å². The Balaban J connectivity index is 1.51. The predicted molar refractivity (Wildman–Crippen MR) is 112 cm³/mol. The van der Waals surface area contributed by atoms with Crippen molar-refractivity contribution in [3.63, 3.8) is 0 Å². The molecule has 0 saturated carbocycles. The molecule has 6 heteroatoms. The molecule has 1 aliphatic rings. The number of likely N-dealkylation sites (tertiary alicyclic amines) is 1. The number of guanidine groups is 1. The van der Waals surface area contributed by atoms with Gasteiger partial charge in [0.05, 0.1) is 19.4 Å². The minimum atomic E-state index is 0.449. The Bertz CT molecular complexity index is 680. The number of furan rings is 1. The van der Waals surface area contributed by atoms with E-state index in [0.717, 1.165) is 63.8 Å². The number of benzene rings is 1. The quantitative estimate of drug-likeness (QED) is 0.514. The third kappa shape index (κ3) is 7.02. The third-order valence-electron chi connectivity index (χ3n) is 5.05. The molecular weight excluding hydrogens is 352 g/mol. The fourth-order valence-corrected chi connectivity index (χ4v) is 3.38. The Labute approximate surface area is 168 Å². The van der Waals surface area contributed by atoms with E-state index in [9.17, 15) is 0 Å². The summed E-state index contributed by atoms with van der Waals surface area (Å²) in [6.45, 7) is 5.47. The molecule has 3 rings (SSSR count). The topological polar surface area (TPSA) is 62.0 Å². The van der Waals surface area contributed by atoms with Gasteiger partial charge >= 0.3 is 0 Å². The number of hydrogen-bond donors (Lipinski definition) is 2. The summed E-state index contributed by atoms with van der Waals surface area (Å²) in [6, 6.07) is 14.7. The van der Waals surface area contributed by atoms with Crippen molar-refractivity contribution in [2.45, 2.75) is 31.8 Å². The Morgan fingerprint density at radius 1 is 1.18 bits per heavy atom. The van der Waals surface area contributed by atoms with Gasteiger partial charge in [-0.15, -0.1) is 0 Å². The molecule has 0 spiro atoms. The molecular formula is C22H32N4O2. The van der Waals surface area contributed by atoms with Gasteiger partial charge in [0.15, 0.2) is 5.96 Å². The van der Waals surface area contributed by atoms with Crippen LogP contribution < -0.4 is 10.6 Å². The van der Waals surface area contributed by atoms with Crippen LogP contribution in [0.5, 0.6) is 0 Å². The molecule has 0 bridgehead atoms. The summed E-state index contributed by atoms with van der Waals surface area (Å²) in [6.07, 6.45) is 4.80. The van der Waals surface area contributed by atoms with Gasteiger partial charge in [0.25, 0.3) is 0 Å². The van der Waals surface area contributed by atoms with Crippen molar-refractivity contribution in [1.29, 1.82) is 0 Å². The summed E-state index contributed by atoms with van der Waals surface area (Å²) in [5.74, 6) is 1.87. The van der Waals surface area contributed by atoms with E-state index in [2.05, 4.69) is 39.8 Å². The molecule has 0 amide bonds. The van der Waals surface area contributed by atoms with Crippen molar-refractivity contribution in [2.75, 3.05) is 39.9 Å². The van der Waals surface area contributed by atoms with Gasteiger partial charge in [0.2, 0.25) is 0 Å². The van der Waals surface area contributed by atoms with E-state index in [1.54, 1.807) is 13.4 Å². The average molecular weight is 385 g/mol. The molecule has 28 heavy (non-hydrogen) atoms. The molecule has 0 atom stereocenters. The molecule has 1 aliphatic heterocycles. The molecule has 6 nitrogen and oxygen atoms in total. The molecule has 1 fully saturated rings. The van der Waals surface area contributed by atoms with Crippen molar-refractivity contribution in [3.8, 4) is 0 Å². The number of piperidine rings is 1. The summed E-state index contributed by atoms with van der Waals surface area (Å²) >= 11 is 0. The van der Waals surface area contributed by atoms with Crippen LogP contribution in [-0.4, -0.2) is 56.8 Å². The van der Waals surface area contributed by atoms with E-state index < -0.39 is 0 Å². The predicted octanol–water partition coefficient (Wildman–Crippen LogP) is 2.67. The summed E-state index contributed by atoms with van der Waals surface area (Å²) in [4.78, 5) is 7.27. The number of ether oxygens (including phenoxy) is 1. The molecule has 1 saturated heterocycles. The highest BCUT2D eigenvalue weighted by atomic mass is 16.5. The van der Waals surface area contributed by atoms with Gasteiger partial charge < -0.3 is 24.7 Å². The molecule has 1 aromatic heterocycles. The molecule has 2 N–H and O–H groups in total. The molecule has 1 aromatic carbocycles. The lowest BCUT2D eigenvalue weighted by Crippen LogP contribution is -2.49. The maximum absolute atomic E-state index is 5.42. The van der Waals surface area contributed by atoms with Crippen LogP contribution in [0.4, 0.5) is 0 Å². The van der Waals surface area contributed by atoms with Gasteiger partial charge in [-0.2, -0.15) is 0 Å². The Morgan fingerprint density at radius 2 is 2.00 bits per heavy atom. The summed E-state index contributed by atoms with van der Waals surface area (Å²) in [5, 5.41) is 7.10. The average Bonchev–Trinajstić information content (AvgIpc) is 3.25. The second kappa shape index (κ2) is 11.5. The fraction of sp³-hybridized carbons (Fsp3) is 0.500. The lowest BCUT2D eigenvalue weighted by Gasteiger charge is -2.33. The van der Waals surface area contributed by atoms with Gasteiger partial charge in [-0.25, -0.2) is 4.99 Å². The van der Waals surface area contributed by atoms with E-state index in [4.69, 9.17) is 14.1 Å². The first-order valence-corrected chi connectivity index (χ1v) is 10.2. The zero-order valence-corrected chi connectivity index (χ0v) is 16.8. The van der Waals surface area contributed by atoms with Crippen LogP contribution in [0.1, 0.15) is 24.2 Å². The van der Waals surface area contributed by atoms with E-state index in [0.29, 0.717) is 12.6 Å². The molecule has 0 unspecified atom stereocenters. The number of hydrogen-bond acceptors (Lipinski definition) is 4. The van der Waals surface area contributed by atoms with Crippen LogP contribution >= 0.6 is 0 Å². The van der Waals surface area contributed by atoms with Crippen LogP contribution in [0, 0.1) is 0 Å². The molecule has 0 radical (unpaired) electrons. The molecule has 152 valence electrons. The van der Waals surface area contributed by atoms with Gasteiger partial charge in [-0.3, -0.25) is 0 Å². The molecule has 0 aliphatic carbocycles. The number of methoxy groups -OCH3 is 1. The van der Waals surface area contributed by atoms with Crippen molar-refractivity contribution in [2.24, 2.45) is 4.99 Å². The lowest BCUT2D eigenvalue weighted by atomic mass is 10.1. The fourth-order valence-electron chi connectivity index (χ4n) is 3.38. The van der Waals surface area contributed by atoms with Gasteiger partial charge in [-0.1, -0.05) is 30.3 Å². The highest BCUT2D eigenvalue weighted by molar-refractivity contribution is 5.80. The largest absolute Gasteiger partial charge is 0.469 e. The van der Waals surface area contributed by atoms with Crippen molar-refractivity contribution in [1.82, 2.24) is 15.5 Å². The SMILES string of the molecule is COCCN1CCC(NC(=NCc2ccccc2)NCCc2ccco2)CC1. The standard InChI is InChI=1S/C22H32N4O2/c1-27-17-15-26-13-10-20(11-14-26)25-22(23-12-9-21-8-5-16-28-21)24-18-19-6-3-2-4-7-19/h2-8,16,20H,9-15,17-18H2,1H3,(H2,23,24,25). The number of rotatable bonds is 9. The maximum Gasteiger partial charge on any atom is 0.191 e. The second-order valence-electron chi connectivity index (χ2n) is 7.16. The number of nitrogens with one attached hydrogen (secondary N) is 2. The minimum absolute atomic E-state index is 0.449. The lowest BCUT2D eigenvalue weighted by molar-refractivity contribution is 0.128. The van der Waals surface area contributed by atoms with Crippen molar-refractivity contribution >= 4 is 5.96 Å². The van der Waals surface area contributed by atoms with Crippen LogP contribution in [-0.2, 0) is 17.7 Å². The monoisotopic (exact) mass is 384 g/mol. The van der Waals surface area contributed by atoms with Gasteiger partial charge in [0, 0.05) is 45.8 Å². The van der Waals surface area contributed by atoms with E-state index in [-0.39, 0.29) is 0 Å². The highest BCUT2D eigenvalue weighted by Gasteiger charge is 2.19. The van der Waals surface area contributed by atoms with Gasteiger partial charge in [0.1, 0.15) is 5.76 Å². The smallest absolute Gasteiger partial charge is 0.191 e. The second-order valence-corrected chi connectivity index (χ2v) is 7.16. The Kier molecular flexibility index (Phi) is 8.40.